The molecule has 3 N–H and O–H groups in total. The molecule has 0 aliphatic heterocycles. The molecule has 3 rings (SSSR count). The van der Waals surface area contributed by atoms with E-state index in [0.717, 1.165) is 16.9 Å². The lowest BCUT2D eigenvalue weighted by atomic mass is 10.1. The van der Waals surface area contributed by atoms with E-state index in [4.69, 9.17) is 5.73 Å². The molecule has 5 heteroatoms. The lowest BCUT2D eigenvalue weighted by Crippen LogP contribution is -2.10. The average Bonchev–Trinajstić information content (AvgIpc) is 2.65. The number of anilines is 2. The van der Waals surface area contributed by atoms with E-state index < -0.39 is 5.91 Å². The van der Waals surface area contributed by atoms with E-state index in [2.05, 4.69) is 15.3 Å². The second kappa shape index (κ2) is 8.43. The molecular weight excluding hydrogens is 300 g/mol. The molecule has 5 nitrogen and oxygen atoms in total. The van der Waals surface area contributed by atoms with Crippen molar-refractivity contribution in [1.82, 2.24) is 9.97 Å². The van der Waals surface area contributed by atoms with E-state index in [1.807, 2.05) is 50.2 Å². The zero-order valence-corrected chi connectivity index (χ0v) is 13.7. The van der Waals surface area contributed by atoms with Gasteiger partial charge in [0.15, 0.2) is 0 Å². The molecule has 0 spiro atoms. The zero-order chi connectivity index (χ0) is 17.4. The number of primary amides is 1. The fourth-order valence-corrected chi connectivity index (χ4v) is 2.04. The molecule has 0 aliphatic rings. The first-order valence-corrected chi connectivity index (χ1v) is 7.78. The highest BCUT2D eigenvalue weighted by Gasteiger charge is 2.03. The molecule has 0 radical (unpaired) electrons. The summed E-state index contributed by atoms with van der Waals surface area (Å²) in [6.07, 6.45) is 1.70. The second-order valence-corrected chi connectivity index (χ2v) is 4.70. The Kier molecular flexibility index (Phi) is 6.02. The Labute approximate surface area is 141 Å². The summed E-state index contributed by atoms with van der Waals surface area (Å²) in [5.41, 5.74) is 8.33. The van der Waals surface area contributed by atoms with Gasteiger partial charge < -0.3 is 11.1 Å². The Morgan fingerprint density at radius 3 is 2.25 bits per heavy atom. The fraction of sp³-hybridized carbons (Fsp3) is 0.105. The molecule has 0 unspecified atom stereocenters. The minimum Gasteiger partial charge on any atom is -0.366 e. The Morgan fingerprint density at radius 2 is 1.62 bits per heavy atom. The van der Waals surface area contributed by atoms with E-state index >= 15 is 0 Å². The largest absolute Gasteiger partial charge is 0.366 e. The summed E-state index contributed by atoms with van der Waals surface area (Å²) in [5.74, 6) is 0.0436. The lowest BCUT2D eigenvalue weighted by molar-refractivity contribution is 0.100. The van der Waals surface area contributed by atoms with E-state index in [1.165, 1.54) is 0 Å². The van der Waals surface area contributed by atoms with Crippen molar-refractivity contribution >= 4 is 17.5 Å². The molecule has 122 valence electrons. The van der Waals surface area contributed by atoms with E-state index in [-0.39, 0.29) is 0 Å². The highest BCUT2D eigenvalue weighted by Crippen LogP contribution is 2.19. The standard InChI is InChI=1S/C17H14N4O.C2H6/c18-16(22)13-6-8-14(9-7-13)20-17-19-11-10-15(21-17)12-4-2-1-3-5-12;1-2/h1-11H,(H2,18,22)(H,19,20,21);1-2H3. The first-order chi connectivity index (χ1) is 11.7. The monoisotopic (exact) mass is 320 g/mol. The van der Waals surface area contributed by atoms with Gasteiger partial charge in [-0.15, -0.1) is 0 Å². The minimum atomic E-state index is -0.450. The summed E-state index contributed by atoms with van der Waals surface area (Å²) in [5, 5.41) is 3.11. The van der Waals surface area contributed by atoms with Gasteiger partial charge in [-0.05, 0) is 30.3 Å². The molecule has 0 fully saturated rings. The molecule has 0 saturated heterocycles. The number of amides is 1. The first-order valence-electron chi connectivity index (χ1n) is 7.78. The van der Waals surface area contributed by atoms with Crippen LogP contribution in [0.1, 0.15) is 24.2 Å². The second-order valence-electron chi connectivity index (χ2n) is 4.70. The molecular formula is C19H20N4O. The van der Waals surface area contributed by atoms with Gasteiger partial charge in [0.2, 0.25) is 11.9 Å². The molecule has 3 aromatic rings. The number of hydrogen-bond acceptors (Lipinski definition) is 4. The number of rotatable bonds is 4. The molecule has 0 atom stereocenters. The maximum atomic E-state index is 11.0. The number of nitrogens with zero attached hydrogens (tertiary/aromatic N) is 2. The maximum Gasteiger partial charge on any atom is 0.248 e. The number of benzene rings is 2. The highest BCUT2D eigenvalue weighted by atomic mass is 16.1. The van der Waals surface area contributed by atoms with Crippen LogP contribution in [0.5, 0.6) is 0 Å². The van der Waals surface area contributed by atoms with Gasteiger partial charge in [0.25, 0.3) is 0 Å². The third kappa shape index (κ3) is 4.39. The minimum absolute atomic E-state index is 0.450. The first kappa shape index (κ1) is 17.1. The number of carbonyl (C=O) groups excluding carboxylic acids is 1. The number of nitrogens with two attached hydrogens (primary N) is 1. The summed E-state index contributed by atoms with van der Waals surface area (Å²) in [7, 11) is 0. The van der Waals surface area contributed by atoms with Gasteiger partial charge in [-0.3, -0.25) is 4.79 Å². The molecule has 0 aliphatic carbocycles. The predicted octanol–water partition coefficient (Wildman–Crippen LogP) is 4.01. The normalized spacial score (nSPS) is 9.58. The van der Waals surface area contributed by atoms with Crippen molar-refractivity contribution in [2.75, 3.05) is 5.32 Å². The molecule has 1 heterocycles. The Balaban J connectivity index is 0.00000100. The molecule has 0 bridgehead atoms. The quantitative estimate of drug-likeness (QED) is 0.761. The summed E-state index contributed by atoms with van der Waals surface area (Å²) in [4.78, 5) is 19.7. The smallest absolute Gasteiger partial charge is 0.248 e. The summed E-state index contributed by atoms with van der Waals surface area (Å²) in [6, 6.07) is 18.6. The number of aromatic nitrogens is 2. The van der Waals surface area contributed by atoms with Crippen LogP contribution in [0.25, 0.3) is 11.3 Å². The average molecular weight is 320 g/mol. The molecule has 2 aromatic carbocycles. The van der Waals surface area contributed by atoms with Gasteiger partial charge in [0.05, 0.1) is 5.69 Å². The Morgan fingerprint density at radius 1 is 0.958 bits per heavy atom. The lowest BCUT2D eigenvalue weighted by Gasteiger charge is -2.07. The fourth-order valence-electron chi connectivity index (χ4n) is 2.04. The van der Waals surface area contributed by atoms with Crippen LogP contribution in [0.2, 0.25) is 0 Å². The summed E-state index contributed by atoms with van der Waals surface area (Å²) < 4.78 is 0. The topological polar surface area (TPSA) is 80.9 Å². The van der Waals surface area contributed by atoms with E-state index in [9.17, 15) is 4.79 Å². The van der Waals surface area contributed by atoms with Crippen molar-refractivity contribution in [3.8, 4) is 11.3 Å². The van der Waals surface area contributed by atoms with Crippen LogP contribution in [0.4, 0.5) is 11.6 Å². The van der Waals surface area contributed by atoms with E-state index in [0.29, 0.717) is 11.5 Å². The molecule has 24 heavy (non-hydrogen) atoms. The third-order valence-electron chi connectivity index (χ3n) is 3.15. The van der Waals surface area contributed by atoms with Gasteiger partial charge in [-0.1, -0.05) is 44.2 Å². The molecule has 0 saturated carbocycles. The van der Waals surface area contributed by atoms with Crippen molar-refractivity contribution in [3.63, 3.8) is 0 Å². The zero-order valence-electron chi connectivity index (χ0n) is 13.7. The van der Waals surface area contributed by atoms with Gasteiger partial charge >= 0.3 is 0 Å². The van der Waals surface area contributed by atoms with Crippen molar-refractivity contribution < 1.29 is 4.79 Å². The SMILES string of the molecule is CC.NC(=O)c1ccc(Nc2nccc(-c3ccccc3)n2)cc1. The van der Waals surface area contributed by atoms with Gasteiger partial charge in [-0.2, -0.15) is 0 Å². The summed E-state index contributed by atoms with van der Waals surface area (Å²) in [6.45, 7) is 4.00. The van der Waals surface area contributed by atoms with Gasteiger partial charge in [-0.25, -0.2) is 9.97 Å². The highest BCUT2D eigenvalue weighted by molar-refractivity contribution is 5.93. The Hall–Kier alpha value is -3.21. The van der Waals surface area contributed by atoms with Crippen LogP contribution in [-0.2, 0) is 0 Å². The van der Waals surface area contributed by atoms with Crippen LogP contribution in [0, 0.1) is 0 Å². The van der Waals surface area contributed by atoms with Gasteiger partial charge in [0, 0.05) is 23.0 Å². The van der Waals surface area contributed by atoms with Crippen LogP contribution < -0.4 is 11.1 Å². The maximum absolute atomic E-state index is 11.0. The van der Waals surface area contributed by atoms with Crippen molar-refractivity contribution in [3.05, 3.63) is 72.4 Å². The van der Waals surface area contributed by atoms with Crippen LogP contribution in [0.15, 0.2) is 66.9 Å². The number of hydrogen-bond donors (Lipinski definition) is 2. The number of nitrogens with one attached hydrogen (secondary N) is 1. The van der Waals surface area contributed by atoms with Crippen molar-refractivity contribution in [2.24, 2.45) is 5.73 Å². The van der Waals surface area contributed by atoms with E-state index in [1.54, 1.807) is 30.5 Å². The predicted molar refractivity (Wildman–Crippen MR) is 97.1 cm³/mol. The number of carbonyl (C=O) groups is 1. The molecule has 1 amide bonds. The molecule has 1 aromatic heterocycles. The third-order valence-corrected chi connectivity index (χ3v) is 3.15. The van der Waals surface area contributed by atoms with Crippen LogP contribution >= 0.6 is 0 Å². The van der Waals surface area contributed by atoms with Crippen LogP contribution in [-0.4, -0.2) is 15.9 Å². The van der Waals surface area contributed by atoms with Gasteiger partial charge in [0.1, 0.15) is 0 Å². The van der Waals surface area contributed by atoms with Crippen molar-refractivity contribution in [2.45, 2.75) is 13.8 Å². The van der Waals surface area contributed by atoms with Crippen molar-refractivity contribution in [1.29, 1.82) is 0 Å². The summed E-state index contributed by atoms with van der Waals surface area (Å²) >= 11 is 0. The Bertz CT molecular complexity index is 786. The van der Waals surface area contributed by atoms with Crippen LogP contribution in [0.3, 0.4) is 0 Å².